The molecule has 1 saturated carbocycles. The quantitative estimate of drug-likeness (QED) is 0.851. The van der Waals surface area contributed by atoms with Gasteiger partial charge in [0.1, 0.15) is 10.7 Å². The lowest BCUT2D eigenvalue weighted by Gasteiger charge is -2.16. The zero-order valence-electron chi connectivity index (χ0n) is 9.34. The zero-order chi connectivity index (χ0) is 11.8. The second-order valence-corrected chi connectivity index (χ2v) is 5.88. The number of pyridine rings is 1. The Hall–Kier alpha value is -1.14. The first-order valence-corrected chi connectivity index (χ1v) is 6.61. The highest BCUT2D eigenvalue weighted by Gasteiger charge is 2.35. The Labute approximate surface area is 95.5 Å². The van der Waals surface area contributed by atoms with Crippen LogP contribution in [0.15, 0.2) is 23.2 Å². The standard InChI is InChI=1S/C10H15N3O2S/c1-11-10-6-5-9(7-12-10)16(14,15)13(2)8-3-4-8/h5-8H,3-4H2,1-2H3,(H,11,12). The molecule has 0 aliphatic heterocycles. The molecule has 0 unspecified atom stereocenters. The molecule has 0 aromatic carbocycles. The average molecular weight is 241 g/mol. The SMILES string of the molecule is CNc1ccc(S(=O)(=O)N(C)C2CC2)cn1. The number of aromatic nitrogens is 1. The van der Waals surface area contributed by atoms with Gasteiger partial charge < -0.3 is 5.32 Å². The van der Waals surface area contributed by atoms with Gasteiger partial charge in [0.05, 0.1) is 0 Å². The molecular weight excluding hydrogens is 226 g/mol. The third-order valence-corrected chi connectivity index (χ3v) is 4.62. The van der Waals surface area contributed by atoms with Crippen LogP contribution in [0.4, 0.5) is 5.82 Å². The summed E-state index contributed by atoms with van der Waals surface area (Å²) in [6, 6.07) is 3.41. The van der Waals surface area contributed by atoms with Crippen LogP contribution in [0.1, 0.15) is 12.8 Å². The number of anilines is 1. The van der Waals surface area contributed by atoms with Crippen LogP contribution in [0.2, 0.25) is 0 Å². The largest absolute Gasteiger partial charge is 0.373 e. The van der Waals surface area contributed by atoms with Crippen molar-refractivity contribution in [1.29, 1.82) is 0 Å². The van der Waals surface area contributed by atoms with E-state index in [4.69, 9.17) is 0 Å². The fourth-order valence-corrected chi connectivity index (χ4v) is 2.84. The molecule has 1 aliphatic rings. The molecule has 1 aromatic heterocycles. The molecule has 16 heavy (non-hydrogen) atoms. The number of nitrogens with one attached hydrogen (secondary N) is 1. The zero-order valence-corrected chi connectivity index (χ0v) is 10.2. The number of rotatable bonds is 4. The summed E-state index contributed by atoms with van der Waals surface area (Å²) in [5.41, 5.74) is 0. The smallest absolute Gasteiger partial charge is 0.244 e. The molecule has 0 atom stereocenters. The van der Waals surface area contributed by atoms with Gasteiger partial charge in [-0.1, -0.05) is 0 Å². The van der Waals surface area contributed by atoms with E-state index in [-0.39, 0.29) is 10.9 Å². The minimum absolute atomic E-state index is 0.175. The molecule has 5 nitrogen and oxygen atoms in total. The van der Waals surface area contributed by atoms with Crippen molar-refractivity contribution in [3.63, 3.8) is 0 Å². The van der Waals surface area contributed by atoms with Crippen molar-refractivity contribution in [2.24, 2.45) is 0 Å². The maximum absolute atomic E-state index is 12.1. The van der Waals surface area contributed by atoms with Crippen LogP contribution in [-0.4, -0.2) is 37.8 Å². The molecule has 0 spiro atoms. The van der Waals surface area contributed by atoms with Crippen LogP contribution >= 0.6 is 0 Å². The van der Waals surface area contributed by atoms with Gasteiger partial charge in [0, 0.05) is 26.3 Å². The first-order valence-electron chi connectivity index (χ1n) is 5.17. The summed E-state index contributed by atoms with van der Waals surface area (Å²) in [5.74, 6) is 0.660. The van der Waals surface area contributed by atoms with Crippen LogP contribution in [0, 0.1) is 0 Å². The Bertz CT molecular complexity index is 465. The molecule has 1 aliphatic carbocycles. The molecule has 2 rings (SSSR count). The second kappa shape index (κ2) is 4.03. The summed E-state index contributed by atoms with van der Waals surface area (Å²) in [6.07, 6.45) is 3.30. The minimum atomic E-state index is -3.36. The van der Waals surface area contributed by atoms with E-state index in [0.29, 0.717) is 5.82 Å². The Kier molecular flexibility index (Phi) is 2.86. The number of sulfonamides is 1. The predicted octanol–water partition coefficient (Wildman–Crippen LogP) is 0.906. The molecule has 0 amide bonds. The summed E-state index contributed by atoms with van der Waals surface area (Å²) in [7, 11) is 0.00921. The van der Waals surface area contributed by atoms with Gasteiger partial charge in [0.25, 0.3) is 0 Å². The maximum atomic E-state index is 12.1. The van der Waals surface area contributed by atoms with Gasteiger partial charge in [-0.15, -0.1) is 0 Å². The average Bonchev–Trinajstić information content (AvgIpc) is 3.12. The first-order chi connectivity index (χ1) is 7.55. The van der Waals surface area contributed by atoms with Crippen molar-refractivity contribution >= 4 is 15.8 Å². The van der Waals surface area contributed by atoms with Gasteiger partial charge >= 0.3 is 0 Å². The van der Waals surface area contributed by atoms with E-state index in [0.717, 1.165) is 12.8 Å². The van der Waals surface area contributed by atoms with Gasteiger partial charge in [-0.25, -0.2) is 13.4 Å². The Morgan fingerprint density at radius 3 is 2.56 bits per heavy atom. The van der Waals surface area contributed by atoms with Crippen LogP contribution in [0.5, 0.6) is 0 Å². The molecule has 1 N–H and O–H groups in total. The van der Waals surface area contributed by atoms with Crippen molar-refractivity contribution in [3.8, 4) is 0 Å². The van der Waals surface area contributed by atoms with Crippen LogP contribution < -0.4 is 5.32 Å². The summed E-state index contributed by atoms with van der Waals surface area (Å²) in [6.45, 7) is 0. The van der Waals surface area contributed by atoms with E-state index >= 15 is 0 Å². The van der Waals surface area contributed by atoms with E-state index in [9.17, 15) is 8.42 Å². The molecule has 0 radical (unpaired) electrons. The number of hydrogen-bond donors (Lipinski definition) is 1. The molecule has 6 heteroatoms. The van der Waals surface area contributed by atoms with Gasteiger partial charge in [-0.3, -0.25) is 0 Å². The van der Waals surface area contributed by atoms with Crippen LogP contribution in [0.25, 0.3) is 0 Å². The van der Waals surface area contributed by atoms with E-state index < -0.39 is 10.0 Å². The highest BCUT2D eigenvalue weighted by Crippen LogP contribution is 2.30. The van der Waals surface area contributed by atoms with E-state index in [1.165, 1.54) is 10.5 Å². The molecule has 1 fully saturated rings. The van der Waals surface area contributed by atoms with Crippen molar-refractivity contribution in [2.45, 2.75) is 23.8 Å². The highest BCUT2D eigenvalue weighted by molar-refractivity contribution is 7.89. The molecular formula is C10H15N3O2S. The minimum Gasteiger partial charge on any atom is -0.373 e. The summed E-state index contributed by atoms with van der Waals surface area (Å²) in [4.78, 5) is 4.26. The monoisotopic (exact) mass is 241 g/mol. The molecule has 0 bridgehead atoms. The molecule has 1 aromatic rings. The Morgan fingerprint density at radius 2 is 2.12 bits per heavy atom. The fraction of sp³-hybridized carbons (Fsp3) is 0.500. The fourth-order valence-electron chi connectivity index (χ4n) is 1.48. The van der Waals surface area contributed by atoms with Crippen molar-refractivity contribution in [3.05, 3.63) is 18.3 Å². The predicted molar refractivity (Wildman–Crippen MR) is 61.8 cm³/mol. The molecule has 1 heterocycles. The van der Waals surface area contributed by atoms with E-state index in [1.807, 2.05) is 0 Å². The second-order valence-electron chi connectivity index (χ2n) is 3.88. The van der Waals surface area contributed by atoms with Crippen LogP contribution in [0.3, 0.4) is 0 Å². The number of nitrogens with zero attached hydrogens (tertiary/aromatic N) is 2. The normalized spacial score (nSPS) is 16.4. The Balaban J connectivity index is 2.27. The lowest BCUT2D eigenvalue weighted by atomic mass is 10.5. The van der Waals surface area contributed by atoms with Crippen molar-refractivity contribution < 1.29 is 8.42 Å². The molecule has 88 valence electrons. The highest BCUT2D eigenvalue weighted by atomic mass is 32.2. The van der Waals surface area contributed by atoms with Gasteiger partial charge in [-0.2, -0.15) is 4.31 Å². The van der Waals surface area contributed by atoms with Gasteiger partial charge in [0.15, 0.2) is 0 Å². The van der Waals surface area contributed by atoms with Crippen LogP contribution in [-0.2, 0) is 10.0 Å². The third kappa shape index (κ3) is 2.03. The lowest BCUT2D eigenvalue weighted by molar-refractivity contribution is 0.464. The van der Waals surface area contributed by atoms with E-state index in [1.54, 1.807) is 26.2 Å². The van der Waals surface area contributed by atoms with Crippen molar-refractivity contribution in [1.82, 2.24) is 9.29 Å². The summed E-state index contributed by atoms with van der Waals surface area (Å²) < 4.78 is 25.6. The topological polar surface area (TPSA) is 62.3 Å². The Morgan fingerprint density at radius 1 is 1.44 bits per heavy atom. The van der Waals surface area contributed by atoms with Gasteiger partial charge in [-0.05, 0) is 25.0 Å². The van der Waals surface area contributed by atoms with E-state index in [2.05, 4.69) is 10.3 Å². The third-order valence-electron chi connectivity index (χ3n) is 2.73. The van der Waals surface area contributed by atoms with Crippen molar-refractivity contribution in [2.75, 3.05) is 19.4 Å². The summed E-state index contributed by atoms with van der Waals surface area (Å²) >= 11 is 0. The maximum Gasteiger partial charge on any atom is 0.244 e. The molecule has 0 saturated heterocycles. The summed E-state index contributed by atoms with van der Waals surface area (Å²) in [5, 5.41) is 2.85. The van der Waals surface area contributed by atoms with Gasteiger partial charge in [0.2, 0.25) is 10.0 Å². The first kappa shape index (κ1) is 11.3. The lowest BCUT2D eigenvalue weighted by Crippen LogP contribution is -2.29. The number of hydrogen-bond acceptors (Lipinski definition) is 4.